The molecule has 2 aromatic carbocycles. The Kier molecular flexibility index (Phi) is 4.27. The third-order valence-corrected chi connectivity index (χ3v) is 4.12. The van der Waals surface area contributed by atoms with Crippen LogP contribution in [0.15, 0.2) is 36.4 Å². The summed E-state index contributed by atoms with van der Waals surface area (Å²) >= 11 is 0. The van der Waals surface area contributed by atoms with E-state index in [1.54, 1.807) is 36.4 Å². The molecule has 0 atom stereocenters. The molecule has 2 N–H and O–H groups in total. The first-order chi connectivity index (χ1) is 11.9. The zero-order chi connectivity index (χ0) is 18.1. The van der Waals surface area contributed by atoms with Gasteiger partial charge in [-0.2, -0.15) is 0 Å². The van der Waals surface area contributed by atoms with Gasteiger partial charge in [-0.25, -0.2) is 0 Å². The van der Waals surface area contributed by atoms with Crippen molar-refractivity contribution in [3.63, 3.8) is 0 Å². The number of imide groups is 1. The lowest BCUT2D eigenvalue weighted by atomic mass is 10.1. The summed E-state index contributed by atoms with van der Waals surface area (Å²) in [5, 5.41) is 12.4. The molecule has 1 aliphatic rings. The number of nitrogens with zero attached hydrogens (tertiary/aromatic N) is 1. The number of phenolic OH excluding ortho intramolecular Hbond substituents is 1. The van der Waals surface area contributed by atoms with E-state index < -0.39 is 0 Å². The fourth-order valence-electron chi connectivity index (χ4n) is 2.78. The molecule has 6 heteroatoms. The minimum atomic E-state index is -0.383. The third kappa shape index (κ3) is 3.24. The molecule has 3 rings (SSSR count). The lowest BCUT2D eigenvalue weighted by molar-refractivity contribution is -0.116. The number of hydrogen-bond acceptors (Lipinski definition) is 4. The number of amides is 3. The summed E-state index contributed by atoms with van der Waals surface area (Å²) in [6.45, 7) is 3.67. The molecule has 0 aromatic heterocycles. The number of phenols is 1. The highest BCUT2D eigenvalue weighted by Gasteiger charge is 2.35. The van der Waals surface area contributed by atoms with Crippen molar-refractivity contribution >= 4 is 23.4 Å². The van der Waals surface area contributed by atoms with Crippen LogP contribution in [0, 0.1) is 13.8 Å². The van der Waals surface area contributed by atoms with Crippen molar-refractivity contribution in [1.29, 1.82) is 0 Å². The monoisotopic (exact) mass is 338 g/mol. The fourth-order valence-corrected chi connectivity index (χ4v) is 2.78. The number of fused-ring (bicyclic) bond motifs is 1. The number of nitrogens with one attached hydrogen (secondary N) is 1. The quantitative estimate of drug-likeness (QED) is 0.663. The van der Waals surface area contributed by atoms with Crippen LogP contribution in [-0.2, 0) is 4.79 Å². The molecule has 0 saturated heterocycles. The summed E-state index contributed by atoms with van der Waals surface area (Å²) in [6.07, 6.45) is -0.0439. The summed E-state index contributed by atoms with van der Waals surface area (Å²) in [7, 11) is 0. The van der Waals surface area contributed by atoms with Crippen LogP contribution in [0.5, 0.6) is 5.75 Å². The molecule has 3 amide bonds. The summed E-state index contributed by atoms with van der Waals surface area (Å²) in [6, 6.07) is 10.0. The average molecular weight is 338 g/mol. The van der Waals surface area contributed by atoms with Gasteiger partial charge >= 0.3 is 0 Å². The second-order valence-corrected chi connectivity index (χ2v) is 6.13. The van der Waals surface area contributed by atoms with Crippen LogP contribution in [0.1, 0.15) is 38.3 Å². The number of anilines is 1. The Labute approximate surface area is 145 Å². The lowest BCUT2D eigenvalue weighted by Crippen LogP contribution is -2.32. The molecule has 6 nitrogen and oxygen atoms in total. The molecule has 0 fully saturated rings. The van der Waals surface area contributed by atoms with Gasteiger partial charge in [-0.3, -0.25) is 19.3 Å². The maximum atomic E-state index is 12.4. The van der Waals surface area contributed by atoms with Crippen LogP contribution >= 0.6 is 0 Å². The first-order valence-electron chi connectivity index (χ1n) is 7.93. The van der Waals surface area contributed by atoms with Gasteiger partial charge < -0.3 is 10.4 Å². The molecule has 128 valence electrons. The molecular weight excluding hydrogens is 320 g/mol. The molecule has 0 aliphatic carbocycles. The molecule has 2 aromatic rings. The van der Waals surface area contributed by atoms with Crippen molar-refractivity contribution in [3.8, 4) is 5.75 Å². The summed E-state index contributed by atoms with van der Waals surface area (Å²) in [5.74, 6) is -1.17. The molecule has 25 heavy (non-hydrogen) atoms. The van der Waals surface area contributed by atoms with Crippen LogP contribution in [0.3, 0.4) is 0 Å². The molecule has 0 radical (unpaired) electrons. The summed E-state index contributed by atoms with van der Waals surface area (Å²) in [5.41, 5.74) is 2.81. The van der Waals surface area contributed by atoms with Gasteiger partial charge in [0.05, 0.1) is 16.8 Å². The van der Waals surface area contributed by atoms with E-state index in [0.717, 1.165) is 16.0 Å². The molecule has 0 saturated carbocycles. The van der Waals surface area contributed by atoms with Gasteiger partial charge in [0.15, 0.2) is 0 Å². The number of rotatable bonds is 4. The molecule has 0 bridgehead atoms. The van der Waals surface area contributed by atoms with Crippen LogP contribution in [0.25, 0.3) is 0 Å². The second kappa shape index (κ2) is 6.39. The van der Waals surface area contributed by atoms with Crippen molar-refractivity contribution in [2.45, 2.75) is 20.3 Å². The Morgan fingerprint density at radius 1 is 1.00 bits per heavy atom. The number of benzene rings is 2. The summed E-state index contributed by atoms with van der Waals surface area (Å²) < 4.78 is 0. The highest BCUT2D eigenvalue weighted by Crippen LogP contribution is 2.25. The first-order valence-corrected chi connectivity index (χ1v) is 7.93. The molecular formula is C19H18N2O4. The van der Waals surface area contributed by atoms with E-state index in [1.165, 1.54) is 0 Å². The Bertz CT molecular complexity index is 889. The van der Waals surface area contributed by atoms with Crippen molar-refractivity contribution < 1.29 is 19.5 Å². The molecule has 0 unspecified atom stereocenters. The fraction of sp³-hybridized carbons (Fsp3) is 0.211. The van der Waals surface area contributed by atoms with Crippen LogP contribution in [0.2, 0.25) is 0 Å². The highest BCUT2D eigenvalue weighted by atomic mass is 16.3. The Hall–Kier alpha value is -3.15. The van der Waals surface area contributed by atoms with Gasteiger partial charge in [-0.05, 0) is 43.7 Å². The van der Waals surface area contributed by atoms with Crippen LogP contribution in [0.4, 0.5) is 5.69 Å². The van der Waals surface area contributed by atoms with Crippen molar-refractivity contribution in [2.75, 3.05) is 11.9 Å². The minimum absolute atomic E-state index is 0.0101. The number of aromatic hydroxyl groups is 1. The van der Waals surface area contributed by atoms with E-state index in [4.69, 9.17) is 0 Å². The minimum Gasteiger partial charge on any atom is -0.506 e. The number of hydrogen-bond donors (Lipinski definition) is 2. The number of carbonyl (C=O) groups excluding carboxylic acids is 3. The predicted octanol–water partition coefficient (Wildman–Crippen LogP) is 2.63. The predicted molar refractivity (Wildman–Crippen MR) is 92.6 cm³/mol. The van der Waals surface area contributed by atoms with E-state index in [0.29, 0.717) is 16.8 Å². The van der Waals surface area contributed by atoms with Gasteiger partial charge in [0.1, 0.15) is 5.75 Å². The van der Waals surface area contributed by atoms with E-state index in [2.05, 4.69) is 5.32 Å². The molecule has 0 spiro atoms. The van der Waals surface area contributed by atoms with Crippen LogP contribution < -0.4 is 5.32 Å². The maximum absolute atomic E-state index is 12.4. The van der Waals surface area contributed by atoms with Gasteiger partial charge in [0.2, 0.25) is 5.91 Å². The van der Waals surface area contributed by atoms with Gasteiger partial charge in [-0.15, -0.1) is 0 Å². The Balaban J connectivity index is 1.65. The van der Waals surface area contributed by atoms with Gasteiger partial charge in [-0.1, -0.05) is 17.7 Å². The first kappa shape index (κ1) is 16.7. The van der Waals surface area contributed by atoms with E-state index in [1.807, 2.05) is 13.8 Å². The third-order valence-electron chi connectivity index (χ3n) is 4.12. The number of aryl methyl sites for hydroxylation is 2. The zero-order valence-electron chi connectivity index (χ0n) is 14.0. The van der Waals surface area contributed by atoms with Gasteiger partial charge in [0, 0.05) is 13.0 Å². The summed E-state index contributed by atoms with van der Waals surface area (Å²) in [4.78, 5) is 37.8. The highest BCUT2D eigenvalue weighted by molar-refractivity contribution is 6.21. The Morgan fingerprint density at radius 2 is 1.64 bits per heavy atom. The van der Waals surface area contributed by atoms with Crippen molar-refractivity contribution in [3.05, 3.63) is 58.7 Å². The maximum Gasteiger partial charge on any atom is 0.261 e. The molecule has 1 aliphatic heterocycles. The average Bonchev–Trinajstić information content (AvgIpc) is 2.79. The Morgan fingerprint density at radius 3 is 2.36 bits per heavy atom. The normalized spacial score (nSPS) is 13.1. The van der Waals surface area contributed by atoms with Crippen molar-refractivity contribution in [2.24, 2.45) is 0 Å². The topological polar surface area (TPSA) is 86.7 Å². The van der Waals surface area contributed by atoms with E-state index >= 15 is 0 Å². The van der Waals surface area contributed by atoms with Crippen molar-refractivity contribution in [1.82, 2.24) is 4.90 Å². The van der Waals surface area contributed by atoms with Crippen LogP contribution in [-0.4, -0.2) is 34.3 Å². The van der Waals surface area contributed by atoms with E-state index in [-0.39, 0.29) is 36.4 Å². The van der Waals surface area contributed by atoms with E-state index in [9.17, 15) is 19.5 Å². The largest absolute Gasteiger partial charge is 0.506 e. The number of carbonyl (C=O) groups is 3. The second-order valence-electron chi connectivity index (χ2n) is 6.13. The molecule has 1 heterocycles. The standard InChI is InChI=1S/C19H18N2O4/c1-11-3-5-13-14(9-11)19(25)21(18(13)24)8-7-17(23)20-15-6-4-12(2)10-16(15)22/h3-6,9-10,22H,7-8H2,1-2H3,(H,20,23). The smallest absolute Gasteiger partial charge is 0.261 e. The van der Waals surface area contributed by atoms with Gasteiger partial charge in [0.25, 0.3) is 11.8 Å². The SMILES string of the molecule is Cc1ccc(NC(=O)CCN2C(=O)c3ccc(C)cc3C2=O)c(O)c1. The zero-order valence-corrected chi connectivity index (χ0v) is 14.0. The lowest BCUT2D eigenvalue weighted by Gasteiger charge is -2.14.